The van der Waals surface area contributed by atoms with E-state index in [1.54, 1.807) is 0 Å². The maximum atomic E-state index is 6.52. The van der Waals surface area contributed by atoms with Gasteiger partial charge < -0.3 is 8.83 Å². The molecule has 0 atom stereocenters. The van der Waals surface area contributed by atoms with Crippen molar-refractivity contribution in [3.05, 3.63) is 188 Å². The summed E-state index contributed by atoms with van der Waals surface area (Å²) in [6.07, 6.45) is 0. The summed E-state index contributed by atoms with van der Waals surface area (Å²) in [5, 5.41) is 7.74. The van der Waals surface area contributed by atoms with Crippen molar-refractivity contribution in [1.29, 1.82) is 0 Å². The average Bonchev–Trinajstić information content (AvgIpc) is 3.87. The van der Waals surface area contributed by atoms with Crippen LogP contribution in [0.4, 0.5) is 0 Å². The summed E-state index contributed by atoms with van der Waals surface area (Å²) in [5.41, 5.74) is 13.3. The summed E-state index contributed by atoms with van der Waals surface area (Å²) in [4.78, 5) is 15.3. The van der Waals surface area contributed by atoms with E-state index in [0.717, 1.165) is 116 Å². The molecule has 0 unspecified atom stereocenters. The van der Waals surface area contributed by atoms with Crippen LogP contribution in [0.15, 0.2) is 197 Å². The Morgan fingerprint density at radius 3 is 1.71 bits per heavy atom. The highest BCUT2D eigenvalue weighted by Crippen LogP contribution is 2.42. The van der Waals surface area contributed by atoms with E-state index in [2.05, 4.69) is 146 Å². The summed E-state index contributed by atoms with van der Waals surface area (Å²) >= 11 is 0. The third kappa shape index (κ3) is 5.21. The molecule has 0 fully saturated rings. The number of nitrogens with zero attached hydrogens (tertiary/aromatic N) is 3. The lowest BCUT2D eigenvalue weighted by molar-refractivity contribution is 0.669. The van der Waals surface area contributed by atoms with Crippen molar-refractivity contribution in [2.24, 2.45) is 0 Å². The van der Waals surface area contributed by atoms with Gasteiger partial charge in [-0.15, -0.1) is 0 Å². The first kappa shape index (κ1) is 32.4. The van der Waals surface area contributed by atoms with Gasteiger partial charge in [-0.25, -0.2) is 15.0 Å². The van der Waals surface area contributed by atoms with Gasteiger partial charge in [-0.2, -0.15) is 0 Å². The van der Waals surface area contributed by atoms with Gasteiger partial charge >= 0.3 is 0 Å². The van der Waals surface area contributed by atoms with Gasteiger partial charge in [-0.1, -0.05) is 133 Å². The number of fused-ring (bicyclic) bond motifs is 10. The van der Waals surface area contributed by atoms with Crippen molar-refractivity contribution in [2.45, 2.75) is 0 Å². The summed E-state index contributed by atoms with van der Waals surface area (Å²) < 4.78 is 12.8. The fourth-order valence-corrected chi connectivity index (χ4v) is 8.48. The molecule has 0 spiro atoms. The standard InChI is InChI=1S/C53H31N3O2/c1-3-11-34(12-4-1)52-41-26-28-48-51(50(41)40-16-7-9-17-43(40)54-52)42-29-36(24-27-47(42)57-48)32-19-21-33(22-20-32)44-31-45(56-53(55-44)35-13-5-2-6-14-35)37-23-25-39-38-15-8-10-18-46(38)58-49(39)30-37/h1-31H. The van der Waals surface area contributed by atoms with Crippen LogP contribution in [0.1, 0.15) is 0 Å². The van der Waals surface area contributed by atoms with Crippen molar-refractivity contribution in [1.82, 2.24) is 15.0 Å². The van der Waals surface area contributed by atoms with Gasteiger partial charge in [0.15, 0.2) is 5.82 Å². The SMILES string of the molecule is c1ccc(-c2nc(-c3ccc(-c4ccc5oc6ccc7c(-c8ccccc8)nc8ccccc8c7c6c5c4)cc3)cc(-c3ccc4c(c3)oc3ccccc34)n2)cc1. The van der Waals surface area contributed by atoms with Crippen molar-refractivity contribution >= 4 is 65.6 Å². The van der Waals surface area contributed by atoms with Crippen LogP contribution < -0.4 is 0 Å². The monoisotopic (exact) mass is 741 g/mol. The molecule has 12 aromatic rings. The smallest absolute Gasteiger partial charge is 0.160 e. The number of para-hydroxylation sites is 2. The minimum atomic E-state index is 0.671. The largest absolute Gasteiger partial charge is 0.456 e. The minimum Gasteiger partial charge on any atom is -0.456 e. The molecule has 4 heterocycles. The lowest BCUT2D eigenvalue weighted by Crippen LogP contribution is -1.96. The van der Waals surface area contributed by atoms with Crippen LogP contribution in [-0.4, -0.2) is 15.0 Å². The molecular formula is C53H31N3O2. The Hall–Kier alpha value is -7.89. The van der Waals surface area contributed by atoms with E-state index < -0.39 is 0 Å². The van der Waals surface area contributed by atoms with Crippen LogP contribution in [0.2, 0.25) is 0 Å². The Kier molecular flexibility index (Phi) is 7.16. The summed E-state index contributed by atoms with van der Waals surface area (Å²) in [7, 11) is 0. The predicted molar refractivity (Wildman–Crippen MR) is 237 cm³/mol. The maximum absolute atomic E-state index is 6.52. The van der Waals surface area contributed by atoms with E-state index in [1.165, 1.54) is 0 Å². The van der Waals surface area contributed by atoms with Crippen molar-refractivity contribution < 1.29 is 8.83 Å². The predicted octanol–water partition coefficient (Wildman–Crippen LogP) is 14.3. The lowest BCUT2D eigenvalue weighted by atomic mass is 9.95. The van der Waals surface area contributed by atoms with Crippen LogP contribution in [0.3, 0.4) is 0 Å². The van der Waals surface area contributed by atoms with Gasteiger partial charge in [-0.3, -0.25) is 0 Å². The van der Waals surface area contributed by atoms with Crippen LogP contribution in [0, 0.1) is 0 Å². The molecule has 0 aliphatic rings. The lowest BCUT2D eigenvalue weighted by Gasteiger charge is -2.11. The van der Waals surface area contributed by atoms with E-state index in [1.807, 2.05) is 42.5 Å². The van der Waals surface area contributed by atoms with Crippen molar-refractivity contribution in [3.8, 4) is 56.3 Å². The summed E-state index contributed by atoms with van der Waals surface area (Å²) in [6, 6.07) is 64.9. The van der Waals surface area contributed by atoms with Crippen LogP contribution in [0.5, 0.6) is 0 Å². The number of pyridine rings is 1. The van der Waals surface area contributed by atoms with E-state index in [0.29, 0.717) is 5.82 Å². The number of furan rings is 2. The van der Waals surface area contributed by atoms with Gasteiger partial charge in [0.1, 0.15) is 22.3 Å². The van der Waals surface area contributed by atoms with Gasteiger partial charge in [0.05, 0.1) is 22.6 Å². The Morgan fingerprint density at radius 1 is 0.293 bits per heavy atom. The van der Waals surface area contributed by atoms with Gasteiger partial charge in [0.25, 0.3) is 0 Å². The second-order valence-electron chi connectivity index (χ2n) is 14.7. The average molecular weight is 742 g/mol. The molecule has 58 heavy (non-hydrogen) atoms. The molecule has 0 saturated heterocycles. The topological polar surface area (TPSA) is 65.0 Å². The molecule has 0 radical (unpaired) electrons. The molecule has 5 nitrogen and oxygen atoms in total. The first-order chi connectivity index (χ1) is 28.7. The molecule has 0 bridgehead atoms. The van der Waals surface area contributed by atoms with Crippen LogP contribution >= 0.6 is 0 Å². The van der Waals surface area contributed by atoms with Crippen LogP contribution in [-0.2, 0) is 0 Å². The molecule has 0 amide bonds. The van der Waals surface area contributed by atoms with Crippen LogP contribution in [0.25, 0.3) is 122 Å². The Balaban J connectivity index is 0.977. The minimum absolute atomic E-state index is 0.671. The van der Waals surface area contributed by atoms with E-state index >= 15 is 0 Å². The molecular weight excluding hydrogens is 711 g/mol. The zero-order valence-electron chi connectivity index (χ0n) is 31.1. The quantitative estimate of drug-likeness (QED) is 0.164. The van der Waals surface area contributed by atoms with Gasteiger partial charge in [0.2, 0.25) is 0 Å². The molecule has 0 N–H and O–H groups in total. The first-order valence-corrected chi connectivity index (χ1v) is 19.4. The number of benzene rings is 8. The first-order valence-electron chi connectivity index (χ1n) is 19.4. The second kappa shape index (κ2) is 12.8. The molecule has 270 valence electrons. The van der Waals surface area contributed by atoms with E-state index in [4.69, 9.17) is 23.8 Å². The number of hydrogen-bond donors (Lipinski definition) is 0. The normalized spacial score (nSPS) is 11.8. The Morgan fingerprint density at radius 2 is 0.879 bits per heavy atom. The van der Waals surface area contributed by atoms with Gasteiger partial charge in [-0.05, 0) is 65.7 Å². The van der Waals surface area contributed by atoms with E-state index in [-0.39, 0.29) is 0 Å². The number of aromatic nitrogens is 3. The highest BCUT2D eigenvalue weighted by Gasteiger charge is 2.19. The fraction of sp³-hybridized carbons (Fsp3) is 0. The highest BCUT2D eigenvalue weighted by atomic mass is 16.3. The third-order valence-electron chi connectivity index (χ3n) is 11.3. The molecule has 12 rings (SSSR count). The van der Waals surface area contributed by atoms with Crippen molar-refractivity contribution in [2.75, 3.05) is 0 Å². The zero-order valence-corrected chi connectivity index (χ0v) is 31.1. The van der Waals surface area contributed by atoms with E-state index in [9.17, 15) is 0 Å². The molecule has 8 aromatic carbocycles. The molecule has 5 heteroatoms. The summed E-state index contributed by atoms with van der Waals surface area (Å²) in [6.45, 7) is 0. The Bertz CT molecular complexity index is 3550. The highest BCUT2D eigenvalue weighted by molar-refractivity contribution is 6.28. The maximum Gasteiger partial charge on any atom is 0.160 e. The molecule has 0 aliphatic carbocycles. The third-order valence-corrected chi connectivity index (χ3v) is 11.3. The fourth-order valence-electron chi connectivity index (χ4n) is 8.48. The zero-order chi connectivity index (χ0) is 38.2. The number of rotatable bonds is 5. The molecule has 4 aromatic heterocycles. The molecule has 0 aliphatic heterocycles. The van der Waals surface area contributed by atoms with Gasteiger partial charge in [0, 0.05) is 60.0 Å². The number of hydrogen-bond acceptors (Lipinski definition) is 5. The Labute approximate surface area is 332 Å². The molecule has 0 saturated carbocycles. The second-order valence-corrected chi connectivity index (χ2v) is 14.7. The van der Waals surface area contributed by atoms with Crippen molar-refractivity contribution in [3.63, 3.8) is 0 Å². The summed E-state index contributed by atoms with van der Waals surface area (Å²) in [5.74, 6) is 0.671.